The Bertz CT molecular complexity index is 1390. The highest BCUT2D eigenvalue weighted by atomic mass is 35.5. The molecule has 0 bridgehead atoms. The number of hydrogen-bond acceptors (Lipinski definition) is 4. The quantitative estimate of drug-likeness (QED) is 0.281. The molecule has 3 aromatic carbocycles. The van der Waals surface area contributed by atoms with Gasteiger partial charge in [0, 0.05) is 37.5 Å². The summed E-state index contributed by atoms with van der Waals surface area (Å²) in [7, 11) is -3.80. The highest BCUT2D eigenvalue weighted by molar-refractivity contribution is 7.92. The molecule has 0 aliphatic heterocycles. The molecule has 3 rings (SSSR count). The lowest BCUT2D eigenvalue weighted by atomic mass is 10.0. The average Bonchev–Trinajstić information content (AvgIpc) is 2.92. The second kappa shape index (κ2) is 14.8. The van der Waals surface area contributed by atoms with Gasteiger partial charge in [-0.1, -0.05) is 73.1 Å². The number of nitrogens with one attached hydrogen (secondary N) is 1. The number of hydrogen-bond donors (Lipinski definition) is 1. The molecule has 0 aliphatic rings. The number of rotatable bonds is 14. The first-order valence-corrected chi connectivity index (χ1v) is 15.4. The van der Waals surface area contributed by atoms with E-state index < -0.39 is 21.9 Å². The summed E-state index contributed by atoms with van der Waals surface area (Å²) in [4.78, 5) is 28.7. The molecule has 2 amide bonds. The Labute approximate surface area is 241 Å². The van der Waals surface area contributed by atoms with Crippen molar-refractivity contribution in [3.8, 4) is 0 Å². The second-order valence-corrected chi connectivity index (χ2v) is 11.9. The maximum atomic E-state index is 14.4. The number of sulfonamides is 1. The van der Waals surface area contributed by atoms with Crippen molar-refractivity contribution in [3.63, 3.8) is 0 Å². The summed E-state index contributed by atoms with van der Waals surface area (Å²) in [5.41, 5.74) is 1.58. The van der Waals surface area contributed by atoms with Crippen LogP contribution in [-0.2, 0) is 32.6 Å². The van der Waals surface area contributed by atoms with Crippen LogP contribution >= 0.6 is 11.6 Å². The van der Waals surface area contributed by atoms with Gasteiger partial charge in [0.2, 0.25) is 21.8 Å². The Hall–Kier alpha value is -3.43. The third-order valence-electron chi connectivity index (χ3n) is 6.34. The molecule has 10 heteroatoms. The Balaban J connectivity index is 1.88. The molecular weight excluding hydrogens is 553 g/mol. The van der Waals surface area contributed by atoms with E-state index in [0.29, 0.717) is 18.0 Å². The van der Waals surface area contributed by atoms with Gasteiger partial charge in [-0.25, -0.2) is 12.8 Å². The van der Waals surface area contributed by atoms with Gasteiger partial charge in [-0.2, -0.15) is 0 Å². The van der Waals surface area contributed by atoms with Crippen LogP contribution < -0.4 is 9.62 Å². The monoisotopic (exact) mass is 587 g/mol. The van der Waals surface area contributed by atoms with Gasteiger partial charge in [0.05, 0.1) is 11.9 Å². The fourth-order valence-corrected chi connectivity index (χ4v) is 5.57. The molecule has 0 fully saturated rings. The Morgan fingerprint density at radius 2 is 1.65 bits per heavy atom. The van der Waals surface area contributed by atoms with Crippen LogP contribution in [0.4, 0.5) is 10.1 Å². The third kappa shape index (κ3) is 9.06. The average molecular weight is 588 g/mol. The molecule has 0 aromatic heterocycles. The fraction of sp³-hybridized carbons (Fsp3) is 0.333. The highest BCUT2D eigenvalue weighted by Crippen LogP contribution is 2.23. The van der Waals surface area contributed by atoms with Crippen molar-refractivity contribution in [1.29, 1.82) is 0 Å². The molecule has 1 N–H and O–H groups in total. The number of anilines is 1. The second-order valence-electron chi connectivity index (χ2n) is 9.54. The van der Waals surface area contributed by atoms with E-state index in [-0.39, 0.29) is 43.4 Å². The van der Waals surface area contributed by atoms with Crippen LogP contribution in [0.3, 0.4) is 0 Å². The summed E-state index contributed by atoms with van der Waals surface area (Å²) >= 11 is 6.20. The molecule has 1 atom stereocenters. The normalized spacial score (nSPS) is 12.0. The lowest BCUT2D eigenvalue weighted by Gasteiger charge is -2.32. The highest BCUT2D eigenvalue weighted by Gasteiger charge is 2.30. The summed E-state index contributed by atoms with van der Waals surface area (Å²) < 4.78 is 40.3. The zero-order valence-electron chi connectivity index (χ0n) is 22.7. The molecule has 40 heavy (non-hydrogen) atoms. The van der Waals surface area contributed by atoms with Gasteiger partial charge < -0.3 is 10.2 Å². The smallest absolute Gasteiger partial charge is 0.243 e. The van der Waals surface area contributed by atoms with E-state index in [4.69, 9.17) is 11.6 Å². The summed E-state index contributed by atoms with van der Waals surface area (Å²) in [6, 6.07) is 21.3. The number of halogens is 2. The maximum absolute atomic E-state index is 14.4. The minimum absolute atomic E-state index is 0.0482. The van der Waals surface area contributed by atoms with Crippen LogP contribution in [0, 0.1) is 5.82 Å². The van der Waals surface area contributed by atoms with Crippen molar-refractivity contribution < 1.29 is 22.4 Å². The van der Waals surface area contributed by atoms with Crippen LogP contribution in [0.5, 0.6) is 0 Å². The van der Waals surface area contributed by atoms with Crippen LogP contribution in [0.25, 0.3) is 0 Å². The maximum Gasteiger partial charge on any atom is 0.243 e. The molecule has 0 spiro atoms. The van der Waals surface area contributed by atoms with Crippen LogP contribution in [0.2, 0.25) is 5.02 Å². The third-order valence-corrected chi connectivity index (χ3v) is 7.75. The molecule has 0 heterocycles. The van der Waals surface area contributed by atoms with Crippen molar-refractivity contribution in [1.82, 2.24) is 10.2 Å². The zero-order valence-corrected chi connectivity index (χ0v) is 24.3. The van der Waals surface area contributed by atoms with E-state index in [1.807, 2.05) is 43.3 Å². The van der Waals surface area contributed by atoms with E-state index >= 15 is 0 Å². The SMILES string of the molecule is CCCNC(=O)[C@H](Cc1ccccc1)N(Cc1cccc(Cl)c1)C(=O)CCCN(c1ccccc1F)S(C)(=O)=O. The van der Waals surface area contributed by atoms with Gasteiger partial charge in [-0.05, 0) is 48.2 Å². The predicted molar refractivity (Wildman–Crippen MR) is 157 cm³/mol. The van der Waals surface area contributed by atoms with Crippen LogP contribution in [0.1, 0.15) is 37.3 Å². The minimum Gasteiger partial charge on any atom is -0.354 e. The lowest BCUT2D eigenvalue weighted by molar-refractivity contribution is -0.141. The van der Waals surface area contributed by atoms with Crippen molar-refractivity contribution in [3.05, 3.63) is 101 Å². The van der Waals surface area contributed by atoms with Gasteiger partial charge in [0.15, 0.2) is 0 Å². The first kappa shape index (κ1) is 31.1. The summed E-state index contributed by atoms with van der Waals surface area (Å²) in [6.07, 6.45) is 2.12. The molecule has 0 saturated heterocycles. The standard InChI is InChI=1S/C30H35ClFN3O4S/c1-3-18-33-30(37)28(21-23-11-5-4-6-12-23)34(22-24-13-9-14-25(31)20-24)29(36)17-10-19-35(40(2,38)39)27-16-8-7-15-26(27)32/h4-9,11-16,20,28H,3,10,17-19,21-22H2,1-2H3,(H,33,37)/t28-/m0/s1. The first-order chi connectivity index (χ1) is 19.1. The molecule has 0 unspecified atom stereocenters. The van der Waals surface area contributed by atoms with Gasteiger partial charge in [-0.3, -0.25) is 13.9 Å². The van der Waals surface area contributed by atoms with Crippen LogP contribution in [-0.4, -0.2) is 50.5 Å². The molecule has 0 aliphatic carbocycles. The Morgan fingerprint density at radius 3 is 2.30 bits per heavy atom. The molecular formula is C30H35ClFN3O4S. The minimum atomic E-state index is -3.80. The van der Waals surface area contributed by atoms with Gasteiger partial charge in [0.1, 0.15) is 11.9 Å². The molecule has 3 aromatic rings. The van der Waals surface area contributed by atoms with Crippen LogP contribution in [0.15, 0.2) is 78.9 Å². The van der Waals surface area contributed by atoms with Gasteiger partial charge in [0.25, 0.3) is 0 Å². The summed E-state index contributed by atoms with van der Waals surface area (Å²) in [5, 5.41) is 3.43. The summed E-state index contributed by atoms with van der Waals surface area (Å²) in [6.45, 7) is 2.46. The number of amides is 2. The topological polar surface area (TPSA) is 86.8 Å². The lowest BCUT2D eigenvalue weighted by Crippen LogP contribution is -2.50. The molecule has 0 radical (unpaired) electrons. The van der Waals surface area contributed by atoms with Crippen molar-refractivity contribution in [2.45, 2.75) is 45.2 Å². The van der Waals surface area contributed by atoms with E-state index in [9.17, 15) is 22.4 Å². The van der Waals surface area contributed by atoms with E-state index in [1.165, 1.54) is 23.1 Å². The number of benzene rings is 3. The van der Waals surface area contributed by atoms with Gasteiger partial charge >= 0.3 is 0 Å². The first-order valence-electron chi connectivity index (χ1n) is 13.2. The fourth-order valence-electron chi connectivity index (χ4n) is 4.39. The molecule has 7 nitrogen and oxygen atoms in total. The number of carbonyl (C=O) groups is 2. The predicted octanol–water partition coefficient (Wildman–Crippen LogP) is 5.19. The van der Waals surface area contributed by atoms with Crippen molar-refractivity contribution in [2.24, 2.45) is 0 Å². The molecule has 214 valence electrons. The van der Waals surface area contributed by atoms with E-state index in [0.717, 1.165) is 28.1 Å². The van der Waals surface area contributed by atoms with Crippen molar-refractivity contribution in [2.75, 3.05) is 23.7 Å². The number of para-hydroxylation sites is 1. The van der Waals surface area contributed by atoms with Gasteiger partial charge in [-0.15, -0.1) is 0 Å². The zero-order chi connectivity index (χ0) is 29.1. The Kier molecular flexibility index (Phi) is 11.5. The largest absolute Gasteiger partial charge is 0.354 e. The van der Waals surface area contributed by atoms with E-state index in [2.05, 4.69) is 5.32 Å². The number of carbonyl (C=O) groups excluding carboxylic acids is 2. The summed E-state index contributed by atoms with van der Waals surface area (Å²) in [5.74, 6) is -1.27. The van der Waals surface area contributed by atoms with E-state index in [1.54, 1.807) is 24.3 Å². The molecule has 0 saturated carbocycles. The number of nitrogens with zero attached hydrogens (tertiary/aromatic N) is 2. The van der Waals surface area contributed by atoms with Crippen molar-refractivity contribution >= 4 is 39.1 Å². The Morgan fingerprint density at radius 1 is 0.975 bits per heavy atom.